The van der Waals surface area contributed by atoms with Crippen LogP contribution in [0.25, 0.3) is 0 Å². The van der Waals surface area contributed by atoms with Crippen molar-refractivity contribution in [1.82, 2.24) is 0 Å². The molecule has 0 spiro atoms. The number of hydrogen-bond donors (Lipinski definition) is 1. The van der Waals surface area contributed by atoms with E-state index in [1.165, 1.54) is 13.8 Å². The molecule has 0 radical (unpaired) electrons. The van der Waals surface area contributed by atoms with Crippen molar-refractivity contribution in [3.63, 3.8) is 0 Å². The molecule has 0 aliphatic carbocycles. The van der Waals surface area contributed by atoms with Crippen molar-refractivity contribution in [3.05, 3.63) is 11.6 Å². The third kappa shape index (κ3) is 3.92. The van der Waals surface area contributed by atoms with Gasteiger partial charge < -0.3 is 5.11 Å². The summed E-state index contributed by atoms with van der Waals surface area (Å²) < 4.78 is 62.1. The highest BCUT2D eigenvalue weighted by molar-refractivity contribution is 6.22. The topological polar surface area (TPSA) is 37.3 Å². The molecular weight excluding hydrogens is 271 g/mol. The van der Waals surface area contributed by atoms with Gasteiger partial charge in [-0.05, 0) is 31.5 Å². The molecule has 0 heterocycles. The minimum atomic E-state index is -5.72. The van der Waals surface area contributed by atoms with E-state index in [9.17, 15) is 26.7 Å². The van der Waals surface area contributed by atoms with Gasteiger partial charge in [0.2, 0.25) is 5.60 Å². The highest BCUT2D eigenvalue weighted by Crippen LogP contribution is 2.46. The van der Waals surface area contributed by atoms with E-state index in [1.807, 2.05) is 0 Å². The Hall–Kier alpha value is -0.690. The van der Waals surface area contributed by atoms with Gasteiger partial charge in [-0.2, -0.15) is 22.0 Å². The van der Waals surface area contributed by atoms with Crippen molar-refractivity contribution in [1.29, 1.82) is 0 Å². The molecule has 0 aromatic rings. The van der Waals surface area contributed by atoms with Crippen molar-refractivity contribution >= 4 is 17.4 Å². The first-order valence-electron chi connectivity index (χ1n) is 4.35. The van der Waals surface area contributed by atoms with Crippen LogP contribution in [-0.4, -0.2) is 28.0 Å². The summed E-state index contributed by atoms with van der Waals surface area (Å²) in [6.45, 7) is 2.78. The zero-order valence-electron chi connectivity index (χ0n) is 8.91. The van der Waals surface area contributed by atoms with E-state index in [0.29, 0.717) is 5.57 Å². The molecule has 0 saturated heterocycles. The summed E-state index contributed by atoms with van der Waals surface area (Å²) in [4.78, 5) is 11.0. The Morgan fingerprint density at radius 3 is 1.88 bits per heavy atom. The van der Waals surface area contributed by atoms with E-state index in [0.717, 1.165) is 6.08 Å². The van der Waals surface area contributed by atoms with Crippen molar-refractivity contribution in [2.75, 3.05) is 0 Å². The van der Waals surface area contributed by atoms with Crippen LogP contribution in [0.15, 0.2) is 11.6 Å². The molecule has 0 bridgehead atoms. The molecule has 0 aromatic carbocycles. The van der Waals surface area contributed by atoms with Crippen LogP contribution in [0.3, 0.4) is 0 Å². The van der Waals surface area contributed by atoms with Gasteiger partial charge in [-0.25, -0.2) is 0 Å². The number of allylic oxidation sites excluding steroid dienone is 2. The number of carbonyl (C=O) groups excluding carboxylic acids is 1. The number of hydrogen-bond acceptors (Lipinski definition) is 2. The minimum absolute atomic E-state index is 0.317. The maximum Gasteiger partial charge on any atom is 0.425 e. The SMILES string of the molecule is CC(C)=CC(=O)CC(O)(C(F)(F)F)C(F)(F)Cl. The molecule has 1 N–H and O–H groups in total. The Morgan fingerprint density at radius 1 is 1.24 bits per heavy atom. The van der Waals surface area contributed by atoms with Gasteiger partial charge in [-0.1, -0.05) is 5.57 Å². The monoisotopic (exact) mass is 280 g/mol. The maximum atomic E-state index is 12.6. The van der Waals surface area contributed by atoms with Gasteiger partial charge in [-0.15, -0.1) is 0 Å². The second-order valence-corrected chi connectivity index (χ2v) is 4.20. The number of aliphatic hydroxyl groups is 1. The van der Waals surface area contributed by atoms with Gasteiger partial charge in [0.1, 0.15) is 0 Å². The number of alkyl halides is 6. The molecule has 0 aliphatic rings. The summed E-state index contributed by atoms with van der Waals surface area (Å²) in [6, 6.07) is 0. The van der Waals surface area contributed by atoms with Crippen LogP contribution in [0.2, 0.25) is 0 Å². The van der Waals surface area contributed by atoms with Crippen LogP contribution < -0.4 is 0 Å². The van der Waals surface area contributed by atoms with Crippen molar-refractivity contribution in [2.24, 2.45) is 0 Å². The summed E-state index contributed by atoms with van der Waals surface area (Å²) >= 11 is 4.23. The lowest BCUT2D eigenvalue weighted by Gasteiger charge is -2.32. The van der Waals surface area contributed by atoms with Crippen LogP contribution in [0.4, 0.5) is 22.0 Å². The van der Waals surface area contributed by atoms with E-state index >= 15 is 0 Å². The largest absolute Gasteiger partial charge is 0.425 e. The Bertz CT molecular complexity index is 311. The quantitative estimate of drug-likeness (QED) is 0.488. The molecule has 0 aromatic heterocycles. The van der Waals surface area contributed by atoms with Crippen molar-refractivity contribution in [2.45, 2.75) is 37.4 Å². The molecule has 2 nitrogen and oxygen atoms in total. The van der Waals surface area contributed by atoms with E-state index in [1.54, 1.807) is 0 Å². The second kappa shape index (κ2) is 4.89. The standard InChI is InChI=1S/C9H10ClF5O2/c1-5(2)3-6(16)4-7(17,8(10,11)12)9(13,14)15/h3,17H,4H2,1-2H3. The van der Waals surface area contributed by atoms with E-state index < -0.39 is 29.4 Å². The summed E-state index contributed by atoms with van der Waals surface area (Å²) in [5.74, 6) is -1.29. The van der Waals surface area contributed by atoms with Gasteiger partial charge in [0.15, 0.2) is 5.78 Å². The van der Waals surface area contributed by atoms with E-state index in [2.05, 4.69) is 11.6 Å². The van der Waals surface area contributed by atoms with Crippen molar-refractivity contribution < 1.29 is 31.9 Å². The zero-order valence-corrected chi connectivity index (χ0v) is 9.66. The summed E-state index contributed by atoms with van der Waals surface area (Å²) in [6.07, 6.45) is -6.83. The molecule has 17 heavy (non-hydrogen) atoms. The minimum Gasteiger partial charge on any atom is -0.375 e. The summed E-state index contributed by atoms with van der Waals surface area (Å²) in [5, 5.41) is 3.92. The molecular formula is C9H10ClF5O2. The molecule has 1 unspecified atom stereocenters. The summed E-state index contributed by atoms with van der Waals surface area (Å²) in [5.41, 5.74) is -4.26. The third-order valence-electron chi connectivity index (χ3n) is 1.82. The molecule has 1 atom stereocenters. The highest BCUT2D eigenvalue weighted by atomic mass is 35.5. The molecule has 0 saturated carbocycles. The van der Waals surface area contributed by atoms with Crippen LogP contribution in [0.5, 0.6) is 0 Å². The number of carbonyl (C=O) groups is 1. The van der Waals surface area contributed by atoms with Gasteiger partial charge in [0.05, 0.1) is 6.42 Å². The normalized spacial score (nSPS) is 16.3. The molecule has 8 heteroatoms. The number of ketones is 1. The molecule has 0 aliphatic heterocycles. The zero-order chi connectivity index (χ0) is 14.1. The van der Waals surface area contributed by atoms with E-state index in [4.69, 9.17) is 5.11 Å². The van der Waals surface area contributed by atoms with E-state index in [-0.39, 0.29) is 0 Å². The third-order valence-corrected chi connectivity index (χ3v) is 2.13. The molecule has 0 fully saturated rings. The average molecular weight is 281 g/mol. The van der Waals surface area contributed by atoms with Crippen LogP contribution in [-0.2, 0) is 4.79 Å². The Kier molecular flexibility index (Phi) is 4.70. The first-order chi connectivity index (χ1) is 7.31. The lowest BCUT2D eigenvalue weighted by molar-refractivity contribution is -0.309. The van der Waals surface area contributed by atoms with Crippen LogP contribution in [0.1, 0.15) is 20.3 Å². The van der Waals surface area contributed by atoms with Gasteiger partial charge in [0, 0.05) is 0 Å². The fraction of sp³-hybridized carbons (Fsp3) is 0.667. The first kappa shape index (κ1) is 16.3. The number of halogens is 6. The molecule has 0 amide bonds. The Balaban J connectivity index is 5.27. The number of rotatable bonds is 4. The molecule has 0 rings (SSSR count). The van der Waals surface area contributed by atoms with Crippen LogP contribution in [0, 0.1) is 0 Å². The van der Waals surface area contributed by atoms with Gasteiger partial charge in [0.25, 0.3) is 0 Å². The predicted molar refractivity (Wildman–Crippen MR) is 50.9 cm³/mol. The smallest absolute Gasteiger partial charge is 0.375 e. The highest BCUT2D eigenvalue weighted by Gasteiger charge is 2.69. The van der Waals surface area contributed by atoms with Crippen molar-refractivity contribution in [3.8, 4) is 0 Å². The maximum absolute atomic E-state index is 12.6. The lowest BCUT2D eigenvalue weighted by atomic mass is 9.95. The fourth-order valence-corrected chi connectivity index (χ4v) is 1.16. The first-order valence-corrected chi connectivity index (χ1v) is 4.72. The molecule has 100 valence electrons. The fourth-order valence-electron chi connectivity index (χ4n) is 0.986. The summed E-state index contributed by atoms with van der Waals surface area (Å²) in [7, 11) is 0. The Morgan fingerprint density at radius 2 is 1.65 bits per heavy atom. The van der Waals surface area contributed by atoms with Gasteiger partial charge >= 0.3 is 11.6 Å². The predicted octanol–water partition coefficient (Wildman–Crippen LogP) is 3.04. The Labute approximate surface area is 99.1 Å². The lowest BCUT2D eigenvalue weighted by Crippen LogP contribution is -2.57. The van der Waals surface area contributed by atoms with Gasteiger partial charge in [-0.3, -0.25) is 4.79 Å². The average Bonchev–Trinajstić information content (AvgIpc) is 1.97. The second-order valence-electron chi connectivity index (χ2n) is 3.72. The van der Waals surface area contributed by atoms with Crippen LogP contribution >= 0.6 is 11.6 Å².